The Labute approximate surface area is 101 Å². The summed E-state index contributed by atoms with van der Waals surface area (Å²) in [5.41, 5.74) is 6.09. The van der Waals surface area contributed by atoms with Crippen LogP contribution >= 0.6 is 11.6 Å². The first kappa shape index (κ1) is 13.0. The van der Waals surface area contributed by atoms with E-state index in [1.807, 2.05) is 6.92 Å². The molecule has 0 radical (unpaired) electrons. The van der Waals surface area contributed by atoms with Gasteiger partial charge in [0, 0.05) is 12.0 Å². The summed E-state index contributed by atoms with van der Waals surface area (Å²) in [7, 11) is 1.53. The Morgan fingerprint density at radius 3 is 2.81 bits per heavy atom. The molecule has 4 heteroatoms. The number of Topliss-reactive ketones (excluding diaryl/α,β-unsaturated/α-hetero) is 1. The molecule has 0 heterocycles. The van der Waals surface area contributed by atoms with Gasteiger partial charge in [0.05, 0.1) is 12.1 Å². The fraction of sp³-hybridized carbons (Fsp3) is 0.417. The van der Waals surface area contributed by atoms with E-state index in [1.165, 1.54) is 7.11 Å². The first-order chi connectivity index (χ1) is 7.58. The Kier molecular flexibility index (Phi) is 4.77. The van der Waals surface area contributed by atoms with Gasteiger partial charge in [-0.25, -0.2) is 0 Å². The smallest absolute Gasteiger partial charge is 0.163 e. The summed E-state index contributed by atoms with van der Waals surface area (Å²) in [5.74, 6) is 0.773. The number of carbonyl (C=O) groups is 1. The monoisotopic (exact) mass is 241 g/mol. The van der Waals surface area contributed by atoms with Gasteiger partial charge in [0.15, 0.2) is 5.78 Å². The van der Waals surface area contributed by atoms with E-state index in [1.54, 1.807) is 18.2 Å². The summed E-state index contributed by atoms with van der Waals surface area (Å²) in [5, 5.41) is 0.505. The van der Waals surface area contributed by atoms with Crippen LogP contribution in [0.2, 0.25) is 5.02 Å². The lowest BCUT2D eigenvalue weighted by atomic mass is 10.00. The molecule has 1 rings (SSSR count). The standard InChI is InChI=1S/C12H16ClNO2/c1-8(7-14)5-11(15)9-3-4-10(13)12(6-9)16-2/h3-4,6,8H,5,7,14H2,1-2H3. The lowest BCUT2D eigenvalue weighted by Gasteiger charge is -2.09. The Balaban J connectivity index is 2.84. The topological polar surface area (TPSA) is 52.3 Å². The van der Waals surface area contributed by atoms with E-state index in [0.29, 0.717) is 29.3 Å². The van der Waals surface area contributed by atoms with Crippen molar-refractivity contribution < 1.29 is 9.53 Å². The van der Waals surface area contributed by atoms with Gasteiger partial charge in [-0.15, -0.1) is 0 Å². The third-order valence-corrected chi connectivity index (χ3v) is 2.72. The zero-order valence-corrected chi connectivity index (χ0v) is 10.3. The molecule has 0 aliphatic rings. The van der Waals surface area contributed by atoms with Gasteiger partial charge in [0.1, 0.15) is 5.75 Å². The number of benzene rings is 1. The summed E-state index contributed by atoms with van der Waals surface area (Å²) in [4.78, 5) is 11.8. The SMILES string of the molecule is COc1cc(C(=O)CC(C)CN)ccc1Cl. The van der Waals surface area contributed by atoms with Crippen LogP contribution in [0.5, 0.6) is 5.75 Å². The molecule has 0 aromatic heterocycles. The van der Waals surface area contributed by atoms with Crippen molar-refractivity contribution in [3.63, 3.8) is 0 Å². The lowest BCUT2D eigenvalue weighted by molar-refractivity contribution is 0.0965. The van der Waals surface area contributed by atoms with Gasteiger partial charge in [0.25, 0.3) is 0 Å². The number of nitrogens with two attached hydrogens (primary N) is 1. The van der Waals surface area contributed by atoms with Gasteiger partial charge in [-0.05, 0) is 30.7 Å². The molecule has 16 heavy (non-hydrogen) atoms. The Bertz CT molecular complexity index is 379. The largest absolute Gasteiger partial charge is 0.495 e. The highest BCUT2D eigenvalue weighted by Gasteiger charge is 2.12. The van der Waals surface area contributed by atoms with Crippen molar-refractivity contribution in [3.05, 3.63) is 28.8 Å². The van der Waals surface area contributed by atoms with Crippen LogP contribution in [0.3, 0.4) is 0 Å². The first-order valence-electron chi connectivity index (χ1n) is 5.15. The summed E-state index contributed by atoms with van der Waals surface area (Å²) in [6, 6.07) is 5.03. The quantitative estimate of drug-likeness (QED) is 0.806. The lowest BCUT2D eigenvalue weighted by Crippen LogP contribution is -2.15. The fourth-order valence-corrected chi connectivity index (χ4v) is 1.55. The minimum Gasteiger partial charge on any atom is -0.495 e. The van der Waals surface area contributed by atoms with E-state index in [9.17, 15) is 4.79 Å². The third kappa shape index (κ3) is 3.22. The molecule has 0 aliphatic carbocycles. The molecule has 0 fully saturated rings. The average Bonchev–Trinajstić information content (AvgIpc) is 2.29. The first-order valence-corrected chi connectivity index (χ1v) is 5.53. The van der Waals surface area contributed by atoms with Gasteiger partial charge < -0.3 is 10.5 Å². The Morgan fingerprint density at radius 1 is 1.56 bits per heavy atom. The van der Waals surface area contributed by atoms with Gasteiger partial charge >= 0.3 is 0 Å². The fourth-order valence-electron chi connectivity index (χ4n) is 1.35. The van der Waals surface area contributed by atoms with Crippen LogP contribution in [-0.2, 0) is 0 Å². The molecule has 0 saturated carbocycles. The molecule has 0 saturated heterocycles. The summed E-state index contributed by atoms with van der Waals surface area (Å²) >= 11 is 5.88. The number of hydrogen-bond acceptors (Lipinski definition) is 3. The zero-order valence-electron chi connectivity index (χ0n) is 9.50. The molecule has 0 amide bonds. The molecule has 1 atom stereocenters. The van der Waals surface area contributed by atoms with Crippen LogP contribution < -0.4 is 10.5 Å². The molecular formula is C12H16ClNO2. The molecule has 0 aliphatic heterocycles. The minimum atomic E-state index is 0.0629. The number of ketones is 1. The van der Waals surface area contributed by atoms with Crippen LogP contribution in [0.25, 0.3) is 0 Å². The average molecular weight is 242 g/mol. The number of rotatable bonds is 5. The highest BCUT2D eigenvalue weighted by Crippen LogP contribution is 2.25. The van der Waals surface area contributed by atoms with Crippen molar-refractivity contribution >= 4 is 17.4 Å². The van der Waals surface area contributed by atoms with Crippen LogP contribution in [0.4, 0.5) is 0 Å². The van der Waals surface area contributed by atoms with Crippen molar-refractivity contribution in [3.8, 4) is 5.75 Å². The van der Waals surface area contributed by atoms with Crippen molar-refractivity contribution in [2.24, 2.45) is 11.7 Å². The molecule has 1 unspecified atom stereocenters. The normalized spacial score (nSPS) is 12.2. The zero-order chi connectivity index (χ0) is 12.1. The van der Waals surface area contributed by atoms with Gasteiger partial charge in [-0.3, -0.25) is 4.79 Å². The predicted octanol–water partition coefficient (Wildman–Crippen LogP) is 2.52. The van der Waals surface area contributed by atoms with E-state index in [-0.39, 0.29) is 11.7 Å². The third-order valence-electron chi connectivity index (χ3n) is 2.41. The van der Waals surface area contributed by atoms with E-state index < -0.39 is 0 Å². The van der Waals surface area contributed by atoms with Crippen LogP contribution in [0.15, 0.2) is 18.2 Å². The minimum absolute atomic E-state index is 0.0629. The van der Waals surface area contributed by atoms with Gasteiger partial charge in [-0.2, -0.15) is 0 Å². The second-order valence-corrected chi connectivity index (χ2v) is 4.22. The number of halogens is 1. The Hall–Kier alpha value is -1.06. The summed E-state index contributed by atoms with van der Waals surface area (Å²) in [6.07, 6.45) is 0.446. The van der Waals surface area contributed by atoms with Crippen LogP contribution in [-0.4, -0.2) is 19.4 Å². The molecule has 2 N–H and O–H groups in total. The van der Waals surface area contributed by atoms with E-state index >= 15 is 0 Å². The number of carbonyl (C=O) groups excluding carboxylic acids is 1. The second-order valence-electron chi connectivity index (χ2n) is 3.82. The summed E-state index contributed by atoms with van der Waals surface area (Å²) < 4.78 is 5.06. The van der Waals surface area contributed by atoms with Crippen molar-refractivity contribution in [2.75, 3.05) is 13.7 Å². The van der Waals surface area contributed by atoms with Gasteiger partial charge in [-0.1, -0.05) is 18.5 Å². The molecule has 3 nitrogen and oxygen atoms in total. The number of methoxy groups -OCH3 is 1. The number of ether oxygens (including phenoxy) is 1. The van der Waals surface area contributed by atoms with E-state index in [0.717, 1.165) is 0 Å². The molecule has 0 bridgehead atoms. The maximum absolute atomic E-state index is 11.8. The highest BCUT2D eigenvalue weighted by atomic mass is 35.5. The maximum atomic E-state index is 11.8. The summed E-state index contributed by atoms with van der Waals surface area (Å²) in [6.45, 7) is 2.46. The molecule has 88 valence electrons. The van der Waals surface area contributed by atoms with E-state index in [2.05, 4.69) is 0 Å². The maximum Gasteiger partial charge on any atom is 0.163 e. The molecule has 0 spiro atoms. The highest BCUT2D eigenvalue weighted by molar-refractivity contribution is 6.32. The predicted molar refractivity (Wildman–Crippen MR) is 65.2 cm³/mol. The second kappa shape index (κ2) is 5.87. The Morgan fingerprint density at radius 2 is 2.25 bits per heavy atom. The molecular weight excluding hydrogens is 226 g/mol. The van der Waals surface area contributed by atoms with Gasteiger partial charge in [0.2, 0.25) is 0 Å². The van der Waals surface area contributed by atoms with Crippen LogP contribution in [0.1, 0.15) is 23.7 Å². The number of hydrogen-bond donors (Lipinski definition) is 1. The molecule has 1 aromatic carbocycles. The van der Waals surface area contributed by atoms with Crippen molar-refractivity contribution in [1.82, 2.24) is 0 Å². The van der Waals surface area contributed by atoms with E-state index in [4.69, 9.17) is 22.1 Å². The van der Waals surface area contributed by atoms with Crippen LogP contribution in [0, 0.1) is 5.92 Å². The van der Waals surface area contributed by atoms with Crippen molar-refractivity contribution in [2.45, 2.75) is 13.3 Å². The molecule has 1 aromatic rings. The van der Waals surface area contributed by atoms with Crippen molar-refractivity contribution in [1.29, 1.82) is 0 Å².